The maximum absolute atomic E-state index is 12.1. The molecule has 1 aromatic carbocycles. The molecule has 122 valence electrons. The first kappa shape index (κ1) is 15.7. The van der Waals surface area contributed by atoms with Crippen molar-refractivity contribution in [2.75, 3.05) is 0 Å². The molecule has 1 atom stereocenters. The summed E-state index contributed by atoms with van der Waals surface area (Å²) >= 11 is 0. The van der Waals surface area contributed by atoms with E-state index in [1.165, 1.54) is 0 Å². The summed E-state index contributed by atoms with van der Waals surface area (Å²) < 4.78 is 5.74. The molecule has 5 heteroatoms. The van der Waals surface area contributed by atoms with Gasteiger partial charge in [0.15, 0.2) is 5.76 Å². The fraction of sp³-hybridized carbons (Fsp3) is 0.444. The summed E-state index contributed by atoms with van der Waals surface area (Å²) in [6.45, 7) is 1.83. The summed E-state index contributed by atoms with van der Waals surface area (Å²) in [4.78, 5) is 16.4. The number of amides is 1. The molecule has 1 aliphatic carbocycles. The standard InChI is InChI=1S/C18H22N2O3/c1-13(20-16(21)11-18(22)9-5-6-10-18)17-19-12-15(23-17)14-7-3-2-4-8-14/h2-4,7-8,12-13,22H,5-6,9-11H2,1H3,(H,20,21). The van der Waals surface area contributed by atoms with E-state index in [2.05, 4.69) is 10.3 Å². The highest BCUT2D eigenvalue weighted by atomic mass is 16.4. The van der Waals surface area contributed by atoms with Gasteiger partial charge in [-0.2, -0.15) is 0 Å². The minimum Gasteiger partial charge on any atom is -0.438 e. The van der Waals surface area contributed by atoms with E-state index in [0.29, 0.717) is 24.5 Å². The smallest absolute Gasteiger partial charge is 0.223 e. The van der Waals surface area contributed by atoms with E-state index in [9.17, 15) is 9.90 Å². The SMILES string of the molecule is CC(NC(=O)CC1(O)CCCC1)c1ncc(-c2ccccc2)o1. The van der Waals surface area contributed by atoms with Gasteiger partial charge < -0.3 is 14.8 Å². The molecular formula is C18H22N2O3. The number of carbonyl (C=O) groups excluding carboxylic acids is 1. The fourth-order valence-electron chi connectivity index (χ4n) is 3.09. The normalized spacial score (nSPS) is 17.8. The van der Waals surface area contributed by atoms with Crippen molar-refractivity contribution in [2.24, 2.45) is 0 Å². The third-order valence-corrected chi connectivity index (χ3v) is 4.35. The number of aromatic nitrogens is 1. The predicted molar refractivity (Wildman–Crippen MR) is 86.5 cm³/mol. The number of aliphatic hydroxyl groups is 1. The highest BCUT2D eigenvalue weighted by Gasteiger charge is 2.33. The Morgan fingerprint density at radius 3 is 2.74 bits per heavy atom. The minimum absolute atomic E-state index is 0.142. The van der Waals surface area contributed by atoms with Gasteiger partial charge in [-0.05, 0) is 19.8 Å². The van der Waals surface area contributed by atoms with Gasteiger partial charge >= 0.3 is 0 Å². The lowest BCUT2D eigenvalue weighted by molar-refractivity contribution is -0.126. The number of hydrogen-bond acceptors (Lipinski definition) is 4. The van der Waals surface area contributed by atoms with Crippen LogP contribution in [0.4, 0.5) is 0 Å². The van der Waals surface area contributed by atoms with Gasteiger partial charge in [0.2, 0.25) is 11.8 Å². The van der Waals surface area contributed by atoms with Crippen LogP contribution in [0.5, 0.6) is 0 Å². The monoisotopic (exact) mass is 314 g/mol. The molecule has 2 N–H and O–H groups in total. The third-order valence-electron chi connectivity index (χ3n) is 4.35. The molecule has 0 spiro atoms. The molecular weight excluding hydrogens is 292 g/mol. The molecule has 1 aromatic heterocycles. The first-order chi connectivity index (χ1) is 11.1. The van der Waals surface area contributed by atoms with Crippen LogP contribution in [0.3, 0.4) is 0 Å². The highest BCUT2D eigenvalue weighted by molar-refractivity contribution is 5.77. The number of nitrogens with one attached hydrogen (secondary N) is 1. The molecule has 2 aromatic rings. The maximum atomic E-state index is 12.1. The Kier molecular flexibility index (Phi) is 4.48. The van der Waals surface area contributed by atoms with Crippen LogP contribution in [0.15, 0.2) is 40.9 Å². The van der Waals surface area contributed by atoms with E-state index in [0.717, 1.165) is 18.4 Å². The zero-order valence-electron chi connectivity index (χ0n) is 13.3. The number of nitrogens with zero attached hydrogens (tertiary/aromatic N) is 1. The summed E-state index contributed by atoms with van der Waals surface area (Å²) in [5.74, 6) is 0.980. The average Bonchev–Trinajstić information content (AvgIpc) is 3.17. The molecule has 0 aliphatic heterocycles. The largest absolute Gasteiger partial charge is 0.438 e. The second kappa shape index (κ2) is 6.54. The Labute approximate surface area is 135 Å². The summed E-state index contributed by atoms with van der Waals surface area (Å²) in [6.07, 6.45) is 5.18. The van der Waals surface area contributed by atoms with Crippen molar-refractivity contribution in [1.29, 1.82) is 0 Å². The Balaban J connectivity index is 1.61. The van der Waals surface area contributed by atoms with E-state index in [4.69, 9.17) is 4.42 Å². The van der Waals surface area contributed by atoms with Gasteiger partial charge in [0.1, 0.15) is 6.04 Å². The van der Waals surface area contributed by atoms with Crippen LogP contribution < -0.4 is 5.32 Å². The summed E-state index contributed by atoms with van der Waals surface area (Å²) in [5, 5.41) is 13.2. The highest BCUT2D eigenvalue weighted by Crippen LogP contribution is 2.32. The second-order valence-electron chi connectivity index (χ2n) is 6.33. The van der Waals surface area contributed by atoms with E-state index < -0.39 is 5.60 Å². The predicted octanol–water partition coefficient (Wildman–Crippen LogP) is 3.21. The van der Waals surface area contributed by atoms with Gasteiger partial charge in [-0.15, -0.1) is 0 Å². The lowest BCUT2D eigenvalue weighted by Gasteiger charge is -2.22. The zero-order valence-corrected chi connectivity index (χ0v) is 13.3. The van der Waals surface area contributed by atoms with Crippen LogP contribution in [0.25, 0.3) is 11.3 Å². The van der Waals surface area contributed by atoms with Crippen molar-refractivity contribution in [3.05, 3.63) is 42.4 Å². The zero-order chi connectivity index (χ0) is 16.3. The van der Waals surface area contributed by atoms with Crippen LogP contribution in [0.1, 0.15) is 51.0 Å². The van der Waals surface area contributed by atoms with Crippen molar-refractivity contribution < 1.29 is 14.3 Å². The quantitative estimate of drug-likeness (QED) is 0.888. The fourth-order valence-corrected chi connectivity index (χ4v) is 3.09. The third kappa shape index (κ3) is 3.79. The summed E-state index contributed by atoms with van der Waals surface area (Å²) in [5.41, 5.74) is 0.111. The molecule has 1 heterocycles. The van der Waals surface area contributed by atoms with E-state index >= 15 is 0 Å². The molecule has 0 radical (unpaired) electrons. The van der Waals surface area contributed by atoms with E-state index in [1.54, 1.807) is 6.20 Å². The van der Waals surface area contributed by atoms with Gasteiger partial charge in [0, 0.05) is 5.56 Å². The molecule has 1 amide bonds. The first-order valence-electron chi connectivity index (χ1n) is 8.09. The van der Waals surface area contributed by atoms with Crippen LogP contribution in [-0.4, -0.2) is 21.6 Å². The number of benzene rings is 1. The van der Waals surface area contributed by atoms with Crippen LogP contribution in [-0.2, 0) is 4.79 Å². The summed E-state index contributed by atoms with van der Waals surface area (Å²) in [6, 6.07) is 9.38. The molecule has 1 fully saturated rings. The van der Waals surface area contributed by atoms with Crippen LogP contribution in [0.2, 0.25) is 0 Å². The molecule has 3 rings (SSSR count). The Bertz CT molecular complexity index is 660. The van der Waals surface area contributed by atoms with E-state index in [1.807, 2.05) is 37.3 Å². The lowest BCUT2D eigenvalue weighted by atomic mass is 9.97. The van der Waals surface area contributed by atoms with Gasteiger partial charge in [-0.3, -0.25) is 4.79 Å². The Morgan fingerprint density at radius 2 is 2.04 bits per heavy atom. The van der Waals surface area contributed by atoms with Crippen molar-refractivity contribution in [2.45, 2.75) is 50.7 Å². The number of rotatable bonds is 5. The van der Waals surface area contributed by atoms with Crippen LogP contribution >= 0.6 is 0 Å². The van der Waals surface area contributed by atoms with Gasteiger partial charge in [0.25, 0.3) is 0 Å². The van der Waals surface area contributed by atoms with Crippen LogP contribution in [0, 0.1) is 0 Å². The van der Waals surface area contributed by atoms with Gasteiger partial charge in [-0.25, -0.2) is 4.98 Å². The van der Waals surface area contributed by atoms with Crippen molar-refractivity contribution in [1.82, 2.24) is 10.3 Å². The topological polar surface area (TPSA) is 75.4 Å². The minimum atomic E-state index is -0.838. The van der Waals surface area contributed by atoms with Gasteiger partial charge in [0.05, 0.1) is 18.2 Å². The number of hydrogen-bond donors (Lipinski definition) is 2. The maximum Gasteiger partial charge on any atom is 0.223 e. The van der Waals surface area contributed by atoms with Crippen molar-refractivity contribution in [3.63, 3.8) is 0 Å². The molecule has 1 aliphatic rings. The molecule has 1 saturated carbocycles. The lowest BCUT2D eigenvalue weighted by Crippen LogP contribution is -2.35. The number of carbonyl (C=O) groups is 1. The number of oxazole rings is 1. The first-order valence-corrected chi connectivity index (χ1v) is 8.09. The average molecular weight is 314 g/mol. The van der Waals surface area contributed by atoms with Crippen molar-refractivity contribution >= 4 is 5.91 Å². The molecule has 0 saturated heterocycles. The van der Waals surface area contributed by atoms with Crippen molar-refractivity contribution in [3.8, 4) is 11.3 Å². The molecule has 23 heavy (non-hydrogen) atoms. The molecule has 1 unspecified atom stereocenters. The van der Waals surface area contributed by atoms with Gasteiger partial charge in [-0.1, -0.05) is 43.2 Å². The molecule has 5 nitrogen and oxygen atoms in total. The summed E-state index contributed by atoms with van der Waals surface area (Å²) in [7, 11) is 0. The molecule has 0 bridgehead atoms. The second-order valence-corrected chi connectivity index (χ2v) is 6.33. The van der Waals surface area contributed by atoms with E-state index in [-0.39, 0.29) is 18.4 Å². The Hall–Kier alpha value is -2.14. The Morgan fingerprint density at radius 1 is 1.35 bits per heavy atom.